The molecule has 2 aromatic carbocycles. The number of benzene rings is 2. The molecule has 4 nitrogen and oxygen atoms in total. The van der Waals surface area contributed by atoms with Crippen molar-refractivity contribution < 1.29 is 19.7 Å². The molecule has 0 amide bonds. The molecule has 0 radical (unpaired) electrons. The van der Waals surface area contributed by atoms with E-state index in [0.29, 0.717) is 19.4 Å². The number of alkyl halides is 1. The highest BCUT2D eigenvalue weighted by Crippen LogP contribution is 2.39. The van der Waals surface area contributed by atoms with Crippen LogP contribution in [-0.2, 0) is 10.2 Å². The SMILES string of the molecule is CC(C)(c1ccccc1)c1ccc(OC[C@H]2[C@H](O)CC(Cl)[C@@H]2CC=CCCCC(=O)O)cc1. The molecule has 1 saturated carbocycles. The summed E-state index contributed by atoms with van der Waals surface area (Å²) in [6.45, 7) is 4.85. The second kappa shape index (κ2) is 11.7. The van der Waals surface area contributed by atoms with Gasteiger partial charge >= 0.3 is 5.97 Å². The topological polar surface area (TPSA) is 66.8 Å². The highest BCUT2D eigenvalue weighted by Gasteiger charge is 2.41. The van der Waals surface area contributed by atoms with Crippen LogP contribution >= 0.6 is 11.6 Å². The fraction of sp³-hybridized carbons (Fsp3) is 0.464. The van der Waals surface area contributed by atoms with Crippen molar-refractivity contribution in [3.63, 3.8) is 0 Å². The number of halogens is 1. The van der Waals surface area contributed by atoms with Crippen LogP contribution in [0.25, 0.3) is 0 Å². The number of rotatable bonds is 11. The first kappa shape index (κ1) is 25.3. The zero-order chi connectivity index (χ0) is 23.8. The van der Waals surface area contributed by atoms with Gasteiger partial charge in [0.2, 0.25) is 0 Å². The number of hydrogen-bond acceptors (Lipinski definition) is 3. The van der Waals surface area contributed by atoms with Crippen LogP contribution in [0.5, 0.6) is 5.75 Å². The van der Waals surface area contributed by atoms with Gasteiger partial charge in [-0.15, -0.1) is 11.6 Å². The van der Waals surface area contributed by atoms with Crippen molar-refractivity contribution in [3.05, 3.63) is 77.9 Å². The van der Waals surface area contributed by atoms with Gasteiger partial charge in [0.25, 0.3) is 0 Å². The van der Waals surface area contributed by atoms with Crippen molar-refractivity contribution >= 4 is 17.6 Å². The van der Waals surface area contributed by atoms with Crippen LogP contribution in [0.3, 0.4) is 0 Å². The number of carboxylic acid groups (broad SMARTS) is 1. The average Bonchev–Trinajstić information content (AvgIpc) is 3.07. The van der Waals surface area contributed by atoms with E-state index in [1.165, 1.54) is 11.1 Å². The van der Waals surface area contributed by atoms with Gasteiger partial charge < -0.3 is 14.9 Å². The Morgan fingerprint density at radius 1 is 1.06 bits per heavy atom. The lowest BCUT2D eigenvalue weighted by Crippen LogP contribution is -2.27. The molecule has 0 heterocycles. The minimum absolute atomic E-state index is 0.0309. The van der Waals surface area contributed by atoms with Gasteiger partial charge in [-0.25, -0.2) is 0 Å². The number of aliphatic hydroxyl groups is 1. The molecule has 5 heteroatoms. The lowest BCUT2D eigenvalue weighted by molar-refractivity contribution is -0.137. The van der Waals surface area contributed by atoms with Crippen LogP contribution in [0.2, 0.25) is 0 Å². The molecule has 1 aliphatic carbocycles. The van der Waals surface area contributed by atoms with Crippen molar-refractivity contribution in [3.8, 4) is 5.75 Å². The third-order valence-electron chi connectivity index (χ3n) is 6.83. The smallest absolute Gasteiger partial charge is 0.303 e. The number of aliphatic hydroxyl groups excluding tert-OH is 1. The molecule has 3 rings (SSSR count). The van der Waals surface area contributed by atoms with Gasteiger partial charge in [-0.2, -0.15) is 0 Å². The maximum Gasteiger partial charge on any atom is 0.303 e. The average molecular weight is 471 g/mol. The summed E-state index contributed by atoms with van der Waals surface area (Å²) in [5.41, 5.74) is 2.38. The van der Waals surface area contributed by atoms with Crippen LogP contribution in [-0.4, -0.2) is 34.3 Å². The van der Waals surface area contributed by atoms with Gasteiger partial charge in [0.05, 0.1) is 12.7 Å². The van der Waals surface area contributed by atoms with E-state index in [1.807, 2.05) is 24.3 Å². The molecule has 1 fully saturated rings. The molecule has 0 spiro atoms. The normalized spacial score (nSPS) is 23.2. The van der Waals surface area contributed by atoms with Gasteiger partial charge in [-0.05, 0) is 54.9 Å². The fourth-order valence-electron chi connectivity index (χ4n) is 4.62. The van der Waals surface area contributed by atoms with Gasteiger partial charge in [-0.3, -0.25) is 4.79 Å². The second-order valence-corrected chi connectivity index (χ2v) is 10.0. The van der Waals surface area contributed by atoms with Crippen LogP contribution in [0, 0.1) is 11.8 Å². The first-order chi connectivity index (χ1) is 15.8. The molecule has 33 heavy (non-hydrogen) atoms. The lowest BCUT2D eigenvalue weighted by atomic mass is 9.78. The van der Waals surface area contributed by atoms with E-state index < -0.39 is 12.1 Å². The number of hydrogen-bond donors (Lipinski definition) is 2. The standard InChI is InChI=1S/C28H35ClO4/c1-28(2,20-10-6-5-7-11-20)21-14-16-22(17-15-21)33-19-24-23(25(29)18-26(24)30)12-8-3-4-9-13-27(31)32/h3,5-8,10-11,14-17,23-26,30H,4,9,12-13,18-19H2,1-2H3,(H,31,32)/t23-,24-,25?,26-/m1/s1. The Kier molecular flexibility index (Phi) is 8.99. The minimum Gasteiger partial charge on any atom is -0.493 e. The summed E-state index contributed by atoms with van der Waals surface area (Å²) in [7, 11) is 0. The molecule has 1 aliphatic rings. The van der Waals surface area contributed by atoms with E-state index in [-0.39, 0.29) is 29.0 Å². The lowest BCUT2D eigenvalue weighted by Gasteiger charge is -2.26. The molecular formula is C28H35ClO4. The summed E-state index contributed by atoms with van der Waals surface area (Å²) in [6.07, 6.45) is 6.48. The monoisotopic (exact) mass is 470 g/mol. The van der Waals surface area contributed by atoms with Crippen LogP contribution in [0.15, 0.2) is 66.7 Å². The Morgan fingerprint density at radius 2 is 1.73 bits per heavy atom. The van der Waals surface area contributed by atoms with Crippen LogP contribution < -0.4 is 4.74 Å². The predicted molar refractivity (Wildman–Crippen MR) is 133 cm³/mol. The van der Waals surface area contributed by atoms with Crippen LogP contribution in [0.1, 0.15) is 57.1 Å². The molecular weight excluding hydrogens is 436 g/mol. The molecule has 0 aliphatic heterocycles. The Bertz CT molecular complexity index is 907. The highest BCUT2D eigenvalue weighted by atomic mass is 35.5. The van der Waals surface area contributed by atoms with Gasteiger partial charge in [0, 0.05) is 23.1 Å². The van der Waals surface area contributed by atoms with E-state index in [0.717, 1.165) is 18.6 Å². The molecule has 0 saturated heterocycles. The fourth-order valence-corrected chi connectivity index (χ4v) is 5.09. The summed E-state index contributed by atoms with van der Waals surface area (Å²) in [5.74, 6) is 0.123. The van der Waals surface area contributed by atoms with Crippen molar-refractivity contribution in [2.24, 2.45) is 11.8 Å². The molecule has 0 bridgehead atoms. The number of allylic oxidation sites excluding steroid dienone is 2. The van der Waals surface area contributed by atoms with E-state index in [4.69, 9.17) is 21.4 Å². The highest BCUT2D eigenvalue weighted by molar-refractivity contribution is 6.21. The first-order valence-electron chi connectivity index (χ1n) is 11.8. The minimum atomic E-state index is -0.767. The van der Waals surface area contributed by atoms with E-state index in [1.54, 1.807) is 0 Å². The zero-order valence-corrected chi connectivity index (χ0v) is 20.2. The molecule has 4 atom stereocenters. The number of carboxylic acids is 1. The van der Waals surface area contributed by atoms with Gasteiger partial charge in [0.15, 0.2) is 0 Å². The Balaban J connectivity index is 1.56. The molecule has 178 valence electrons. The Morgan fingerprint density at radius 3 is 2.39 bits per heavy atom. The quantitative estimate of drug-likeness (QED) is 0.233. The first-order valence-corrected chi connectivity index (χ1v) is 12.2. The summed E-state index contributed by atoms with van der Waals surface area (Å²) < 4.78 is 6.08. The number of aliphatic carboxylic acids is 1. The summed E-state index contributed by atoms with van der Waals surface area (Å²) >= 11 is 6.53. The zero-order valence-electron chi connectivity index (χ0n) is 19.5. The summed E-state index contributed by atoms with van der Waals surface area (Å²) in [5, 5.41) is 19.2. The second-order valence-electron chi connectivity index (χ2n) is 9.47. The molecule has 0 aromatic heterocycles. The van der Waals surface area contributed by atoms with Gasteiger partial charge in [0.1, 0.15) is 5.75 Å². The van der Waals surface area contributed by atoms with Crippen molar-refractivity contribution in [1.29, 1.82) is 0 Å². The summed E-state index contributed by atoms with van der Waals surface area (Å²) in [4.78, 5) is 10.6. The number of ether oxygens (including phenoxy) is 1. The van der Waals surface area contributed by atoms with E-state index >= 15 is 0 Å². The van der Waals surface area contributed by atoms with Crippen molar-refractivity contribution in [2.75, 3.05) is 6.61 Å². The molecule has 2 N–H and O–H groups in total. The van der Waals surface area contributed by atoms with Crippen LogP contribution in [0.4, 0.5) is 0 Å². The van der Waals surface area contributed by atoms with Gasteiger partial charge in [-0.1, -0.05) is 68.5 Å². The number of carbonyl (C=O) groups is 1. The Hall–Kier alpha value is -2.30. The maximum atomic E-state index is 10.6. The predicted octanol–water partition coefficient (Wildman–Crippen LogP) is 6.20. The molecule has 2 aromatic rings. The van der Waals surface area contributed by atoms with E-state index in [2.05, 4.69) is 56.3 Å². The third-order valence-corrected chi connectivity index (χ3v) is 7.33. The van der Waals surface area contributed by atoms with E-state index in [9.17, 15) is 9.90 Å². The van der Waals surface area contributed by atoms with Crippen molar-refractivity contribution in [1.82, 2.24) is 0 Å². The molecule has 1 unspecified atom stereocenters. The summed E-state index contributed by atoms with van der Waals surface area (Å²) in [6, 6.07) is 18.7. The largest absolute Gasteiger partial charge is 0.493 e. The van der Waals surface area contributed by atoms with Crippen molar-refractivity contribution in [2.45, 2.75) is 62.8 Å². The Labute approximate surface area is 202 Å². The maximum absolute atomic E-state index is 10.6. The third kappa shape index (κ3) is 6.84. The number of unbranched alkanes of at least 4 members (excludes halogenated alkanes) is 1.